The molecule has 0 radical (unpaired) electrons. The molecule has 148 valence electrons. The van der Waals surface area contributed by atoms with Crippen molar-refractivity contribution < 1.29 is 9.84 Å². The lowest BCUT2D eigenvalue weighted by Gasteiger charge is -2.46. The van der Waals surface area contributed by atoms with Gasteiger partial charge in [-0.15, -0.1) is 0 Å². The summed E-state index contributed by atoms with van der Waals surface area (Å²) in [5.41, 5.74) is 1.96. The molecule has 3 aliphatic carbocycles. The molecule has 5 atom stereocenters. The van der Waals surface area contributed by atoms with Gasteiger partial charge in [0.05, 0.1) is 17.4 Å². The zero-order chi connectivity index (χ0) is 19.2. The van der Waals surface area contributed by atoms with Crippen LogP contribution in [-0.2, 0) is 15.6 Å². The van der Waals surface area contributed by atoms with Gasteiger partial charge in [0.15, 0.2) is 5.79 Å². The van der Waals surface area contributed by atoms with E-state index in [1.165, 1.54) is 49.7 Å². The first-order valence-electron chi connectivity index (χ1n) is 11.2. The zero-order valence-electron chi connectivity index (χ0n) is 16.9. The van der Waals surface area contributed by atoms with E-state index in [1.54, 1.807) is 0 Å². The first kappa shape index (κ1) is 18.4. The second-order valence-corrected chi connectivity index (χ2v) is 9.05. The summed E-state index contributed by atoms with van der Waals surface area (Å²) in [6.45, 7) is 2.88. The lowest BCUT2D eigenvalue weighted by molar-refractivity contribution is -0.149. The Morgan fingerprint density at radius 3 is 1.86 bits per heavy atom. The summed E-state index contributed by atoms with van der Waals surface area (Å²) in [6.07, 6.45) is 8.34. The van der Waals surface area contributed by atoms with E-state index in [2.05, 4.69) is 67.6 Å². The molecule has 3 saturated carbocycles. The van der Waals surface area contributed by atoms with Crippen molar-refractivity contribution in [3.63, 3.8) is 0 Å². The van der Waals surface area contributed by atoms with E-state index in [-0.39, 0.29) is 10.8 Å². The van der Waals surface area contributed by atoms with Gasteiger partial charge in [-0.3, -0.25) is 0 Å². The summed E-state index contributed by atoms with van der Waals surface area (Å²) in [6, 6.07) is 21.4. The Labute approximate surface area is 168 Å². The highest BCUT2D eigenvalue weighted by molar-refractivity contribution is 5.65. The molecular formula is C26H32O2. The molecule has 0 bridgehead atoms. The van der Waals surface area contributed by atoms with Crippen LogP contribution in [0.5, 0.6) is 0 Å². The van der Waals surface area contributed by atoms with E-state index in [0.717, 1.165) is 6.42 Å². The van der Waals surface area contributed by atoms with Crippen molar-refractivity contribution in [2.24, 2.45) is 11.8 Å². The van der Waals surface area contributed by atoms with Gasteiger partial charge in [0.25, 0.3) is 0 Å². The van der Waals surface area contributed by atoms with Gasteiger partial charge in [-0.1, -0.05) is 93.3 Å². The third-order valence-corrected chi connectivity index (χ3v) is 8.02. The smallest absolute Gasteiger partial charge is 0.187 e. The van der Waals surface area contributed by atoms with Crippen molar-refractivity contribution in [3.8, 4) is 0 Å². The van der Waals surface area contributed by atoms with Crippen molar-refractivity contribution in [1.29, 1.82) is 0 Å². The Morgan fingerprint density at radius 1 is 0.821 bits per heavy atom. The van der Waals surface area contributed by atoms with E-state index in [1.807, 2.05) is 0 Å². The molecule has 2 heteroatoms. The SMILES string of the molecule is CCCCCCOC1(O)[C@]2(c3ccccc3)[C@@H]3CCC[C@@H]3[C@]12c1ccccc1. The molecule has 0 aliphatic heterocycles. The second-order valence-electron chi connectivity index (χ2n) is 9.05. The maximum absolute atomic E-state index is 12.2. The quantitative estimate of drug-likeness (QED) is 0.480. The molecular weight excluding hydrogens is 344 g/mol. The van der Waals surface area contributed by atoms with E-state index in [9.17, 15) is 5.11 Å². The fourth-order valence-electron chi connectivity index (χ4n) is 7.20. The van der Waals surface area contributed by atoms with Gasteiger partial charge in [0.1, 0.15) is 0 Å². The van der Waals surface area contributed by atoms with Crippen molar-refractivity contribution in [2.45, 2.75) is 68.5 Å². The molecule has 3 fully saturated rings. The van der Waals surface area contributed by atoms with Crippen LogP contribution in [-0.4, -0.2) is 17.5 Å². The van der Waals surface area contributed by atoms with Gasteiger partial charge in [-0.25, -0.2) is 0 Å². The summed E-state index contributed by atoms with van der Waals surface area (Å²) in [4.78, 5) is 0. The van der Waals surface area contributed by atoms with E-state index in [4.69, 9.17) is 4.74 Å². The lowest BCUT2D eigenvalue weighted by Crippen LogP contribution is -2.49. The molecule has 0 spiro atoms. The van der Waals surface area contributed by atoms with Crippen LogP contribution in [0.1, 0.15) is 63.0 Å². The first-order chi connectivity index (χ1) is 13.7. The third kappa shape index (κ3) is 2.01. The summed E-state index contributed by atoms with van der Waals surface area (Å²) in [7, 11) is 0. The van der Waals surface area contributed by atoms with Crippen LogP contribution in [0, 0.1) is 11.8 Å². The number of hydrogen-bond donors (Lipinski definition) is 1. The molecule has 2 aromatic rings. The van der Waals surface area contributed by atoms with Crippen LogP contribution >= 0.6 is 0 Å². The number of benzene rings is 2. The van der Waals surface area contributed by atoms with Gasteiger partial charge < -0.3 is 9.84 Å². The van der Waals surface area contributed by atoms with E-state index < -0.39 is 5.79 Å². The molecule has 0 heterocycles. The highest BCUT2D eigenvalue weighted by Gasteiger charge is 3.01. The molecule has 1 N–H and O–H groups in total. The first-order valence-corrected chi connectivity index (χ1v) is 11.2. The summed E-state index contributed by atoms with van der Waals surface area (Å²) in [5, 5.41) is 12.2. The Bertz CT molecular complexity index is 757. The molecule has 2 aromatic carbocycles. The number of aliphatic hydroxyl groups is 1. The van der Waals surface area contributed by atoms with Crippen LogP contribution in [0.15, 0.2) is 60.7 Å². The summed E-state index contributed by atoms with van der Waals surface area (Å²) < 4.78 is 6.48. The molecule has 28 heavy (non-hydrogen) atoms. The lowest BCUT2D eigenvalue weighted by atomic mass is 9.54. The van der Waals surface area contributed by atoms with Gasteiger partial charge in [0.2, 0.25) is 0 Å². The number of fused-ring (bicyclic) bond motifs is 4. The predicted molar refractivity (Wildman–Crippen MR) is 112 cm³/mol. The summed E-state index contributed by atoms with van der Waals surface area (Å²) >= 11 is 0. The molecule has 1 unspecified atom stereocenters. The van der Waals surface area contributed by atoms with E-state index in [0.29, 0.717) is 18.4 Å². The number of ether oxygens (including phenoxy) is 1. The average molecular weight is 377 g/mol. The van der Waals surface area contributed by atoms with Crippen molar-refractivity contribution in [2.75, 3.05) is 6.61 Å². The van der Waals surface area contributed by atoms with Crippen LogP contribution in [0.4, 0.5) is 0 Å². The maximum Gasteiger partial charge on any atom is 0.187 e. The fourth-order valence-corrected chi connectivity index (χ4v) is 7.20. The van der Waals surface area contributed by atoms with Crippen molar-refractivity contribution >= 4 is 0 Å². The predicted octanol–water partition coefficient (Wildman–Crippen LogP) is 5.59. The minimum Gasteiger partial charge on any atom is -0.364 e. The standard InChI is InChI=1S/C26H32O2/c1-2-3-4-11-19-28-26(27)24(20-13-7-5-8-14-20)22-17-12-18-23(22)25(24,26)21-15-9-6-10-16-21/h5-10,13-16,22-23,27H,2-4,11-12,17-19H2,1H3/t22-,23+,24-,25+,26?. The maximum atomic E-state index is 12.2. The minimum absolute atomic E-state index is 0.283. The van der Waals surface area contributed by atoms with Gasteiger partial charge >= 0.3 is 0 Å². The molecule has 5 rings (SSSR count). The summed E-state index contributed by atoms with van der Waals surface area (Å²) in [5.74, 6) is -0.0310. The molecule has 0 amide bonds. The van der Waals surface area contributed by atoms with Gasteiger partial charge in [-0.05, 0) is 42.2 Å². The Balaban J connectivity index is 1.57. The Hall–Kier alpha value is -1.64. The highest BCUT2D eigenvalue weighted by atomic mass is 16.6. The monoisotopic (exact) mass is 376 g/mol. The van der Waals surface area contributed by atoms with Gasteiger partial charge in [0, 0.05) is 0 Å². The Kier molecular flexibility index (Phi) is 4.41. The van der Waals surface area contributed by atoms with Crippen LogP contribution in [0.25, 0.3) is 0 Å². The molecule has 2 nitrogen and oxygen atoms in total. The fraction of sp³-hybridized carbons (Fsp3) is 0.538. The zero-order valence-corrected chi connectivity index (χ0v) is 16.9. The van der Waals surface area contributed by atoms with Crippen molar-refractivity contribution in [3.05, 3.63) is 71.8 Å². The van der Waals surface area contributed by atoms with Crippen molar-refractivity contribution in [1.82, 2.24) is 0 Å². The normalized spacial score (nSPS) is 37.8. The molecule has 3 aliphatic rings. The van der Waals surface area contributed by atoms with Crippen LogP contribution in [0.3, 0.4) is 0 Å². The van der Waals surface area contributed by atoms with Gasteiger partial charge in [-0.2, -0.15) is 0 Å². The number of hydrogen-bond acceptors (Lipinski definition) is 2. The largest absolute Gasteiger partial charge is 0.364 e. The highest BCUT2D eigenvalue weighted by Crippen LogP contribution is 2.91. The molecule has 0 saturated heterocycles. The van der Waals surface area contributed by atoms with Crippen LogP contribution in [0.2, 0.25) is 0 Å². The van der Waals surface area contributed by atoms with Crippen LogP contribution < -0.4 is 0 Å². The topological polar surface area (TPSA) is 29.5 Å². The average Bonchev–Trinajstić information content (AvgIpc) is 2.95. The third-order valence-electron chi connectivity index (χ3n) is 8.02. The van der Waals surface area contributed by atoms with E-state index >= 15 is 0 Å². The second kappa shape index (κ2) is 6.71. The minimum atomic E-state index is -1.08. The molecule has 0 aromatic heterocycles. The number of rotatable bonds is 8. The Morgan fingerprint density at radius 2 is 1.36 bits per heavy atom. The number of unbranched alkanes of at least 4 members (excludes halogenated alkanes) is 3.